The first-order valence-electron chi connectivity index (χ1n) is 7.17. The van der Waals surface area contributed by atoms with Crippen LogP contribution >= 0.6 is 0 Å². The normalized spacial score (nSPS) is 10.9. The number of methoxy groups -OCH3 is 1. The molecule has 0 unspecified atom stereocenters. The number of para-hydroxylation sites is 1. The summed E-state index contributed by atoms with van der Waals surface area (Å²) in [5.74, 6) is 1.52. The number of fused-ring (bicyclic) bond motifs is 1. The fraction of sp³-hybridized carbons (Fsp3) is 0.0625. The molecule has 0 aliphatic rings. The van der Waals surface area contributed by atoms with Crippen LogP contribution in [0, 0.1) is 0 Å². The van der Waals surface area contributed by atoms with Gasteiger partial charge in [-0.15, -0.1) is 10.2 Å². The van der Waals surface area contributed by atoms with Gasteiger partial charge in [0.15, 0.2) is 0 Å². The van der Waals surface area contributed by atoms with Crippen LogP contribution in [-0.2, 0) is 0 Å². The molecule has 0 spiro atoms. The number of hydrogen-bond donors (Lipinski definition) is 2. The zero-order valence-electron chi connectivity index (χ0n) is 12.6. The van der Waals surface area contributed by atoms with Crippen molar-refractivity contribution in [1.29, 1.82) is 0 Å². The standard InChI is InChI=1S/C16H12N6O2/c1-24-13-5-3-2-4-10(13)15-17-12-7-6-9(14-19-21-22-20-14)8-11(12)16(23)18-15/h2-8H,1H3,(H,17,18,23)(H,19,20,21,22). The monoisotopic (exact) mass is 320 g/mol. The maximum absolute atomic E-state index is 12.5. The molecule has 0 aliphatic carbocycles. The maximum atomic E-state index is 12.5. The van der Waals surface area contributed by atoms with Gasteiger partial charge < -0.3 is 9.72 Å². The van der Waals surface area contributed by atoms with Gasteiger partial charge in [0.1, 0.15) is 11.6 Å². The highest BCUT2D eigenvalue weighted by atomic mass is 16.5. The summed E-state index contributed by atoms with van der Waals surface area (Å²) in [4.78, 5) is 19.8. The molecule has 0 atom stereocenters. The molecule has 4 aromatic rings. The minimum Gasteiger partial charge on any atom is -0.496 e. The number of nitrogens with zero attached hydrogens (tertiary/aromatic N) is 4. The molecule has 4 rings (SSSR count). The van der Waals surface area contributed by atoms with Crippen molar-refractivity contribution >= 4 is 10.9 Å². The summed E-state index contributed by atoms with van der Waals surface area (Å²) < 4.78 is 5.33. The van der Waals surface area contributed by atoms with E-state index in [-0.39, 0.29) is 5.56 Å². The summed E-state index contributed by atoms with van der Waals surface area (Å²) in [7, 11) is 1.58. The van der Waals surface area contributed by atoms with Crippen LogP contribution in [0.2, 0.25) is 0 Å². The number of tetrazole rings is 1. The van der Waals surface area contributed by atoms with E-state index >= 15 is 0 Å². The molecule has 0 bridgehead atoms. The topological polar surface area (TPSA) is 109 Å². The van der Waals surface area contributed by atoms with Crippen molar-refractivity contribution in [2.75, 3.05) is 7.11 Å². The Morgan fingerprint density at radius 2 is 2.00 bits per heavy atom. The van der Waals surface area contributed by atoms with Crippen molar-refractivity contribution in [3.63, 3.8) is 0 Å². The Morgan fingerprint density at radius 3 is 2.79 bits per heavy atom. The first-order chi connectivity index (χ1) is 11.8. The third-order valence-electron chi connectivity index (χ3n) is 3.67. The van der Waals surface area contributed by atoms with Crippen LogP contribution < -0.4 is 10.3 Å². The van der Waals surface area contributed by atoms with Gasteiger partial charge in [-0.1, -0.05) is 12.1 Å². The van der Waals surface area contributed by atoms with E-state index in [1.54, 1.807) is 25.3 Å². The Hall–Kier alpha value is -3.55. The van der Waals surface area contributed by atoms with Gasteiger partial charge >= 0.3 is 0 Å². The van der Waals surface area contributed by atoms with E-state index in [2.05, 4.69) is 30.6 Å². The minimum absolute atomic E-state index is 0.244. The zero-order valence-corrected chi connectivity index (χ0v) is 12.6. The lowest BCUT2D eigenvalue weighted by Gasteiger charge is -2.08. The smallest absolute Gasteiger partial charge is 0.259 e. The number of rotatable bonds is 3. The molecule has 24 heavy (non-hydrogen) atoms. The number of aromatic amines is 2. The van der Waals surface area contributed by atoms with Crippen LogP contribution in [0.5, 0.6) is 5.75 Å². The van der Waals surface area contributed by atoms with E-state index in [9.17, 15) is 4.79 Å². The summed E-state index contributed by atoms with van der Waals surface area (Å²) >= 11 is 0. The SMILES string of the molecule is COc1ccccc1-c1nc2ccc(-c3nn[nH]n3)cc2c(=O)[nH]1. The zero-order chi connectivity index (χ0) is 16.5. The first-order valence-corrected chi connectivity index (χ1v) is 7.17. The van der Waals surface area contributed by atoms with Crippen molar-refractivity contribution in [3.8, 4) is 28.5 Å². The van der Waals surface area contributed by atoms with Crippen LogP contribution in [0.15, 0.2) is 47.3 Å². The molecule has 0 aliphatic heterocycles. The Kier molecular flexibility index (Phi) is 3.27. The van der Waals surface area contributed by atoms with E-state index < -0.39 is 0 Å². The summed E-state index contributed by atoms with van der Waals surface area (Å²) in [5, 5.41) is 14.2. The van der Waals surface area contributed by atoms with Crippen molar-refractivity contribution in [2.45, 2.75) is 0 Å². The van der Waals surface area contributed by atoms with E-state index in [4.69, 9.17) is 4.74 Å². The molecule has 0 saturated heterocycles. The summed E-state index contributed by atoms with van der Waals surface area (Å²) in [6, 6.07) is 12.6. The molecule has 118 valence electrons. The Morgan fingerprint density at radius 1 is 1.12 bits per heavy atom. The first kappa shape index (κ1) is 14.1. The van der Waals surface area contributed by atoms with E-state index in [0.29, 0.717) is 33.9 Å². The number of H-pyrrole nitrogens is 2. The molecule has 0 amide bonds. The van der Waals surface area contributed by atoms with Gasteiger partial charge in [-0.3, -0.25) is 4.79 Å². The second-order valence-corrected chi connectivity index (χ2v) is 5.08. The Balaban J connectivity index is 1.90. The quantitative estimate of drug-likeness (QED) is 0.595. The molecule has 2 heterocycles. The largest absolute Gasteiger partial charge is 0.496 e. The van der Waals surface area contributed by atoms with E-state index in [1.165, 1.54) is 0 Å². The van der Waals surface area contributed by atoms with Crippen LogP contribution in [0.4, 0.5) is 0 Å². The number of ether oxygens (including phenoxy) is 1. The van der Waals surface area contributed by atoms with E-state index in [0.717, 1.165) is 5.56 Å². The number of nitrogens with one attached hydrogen (secondary N) is 2. The van der Waals surface area contributed by atoms with Gasteiger partial charge in [0.2, 0.25) is 5.82 Å². The average Bonchev–Trinajstić information content (AvgIpc) is 3.16. The molecule has 8 nitrogen and oxygen atoms in total. The third-order valence-corrected chi connectivity index (χ3v) is 3.67. The van der Waals surface area contributed by atoms with Crippen LogP contribution in [-0.4, -0.2) is 37.7 Å². The fourth-order valence-electron chi connectivity index (χ4n) is 2.53. The Bertz CT molecular complexity index is 1070. The molecule has 2 aromatic heterocycles. The predicted molar refractivity (Wildman–Crippen MR) is 87.5 cm³/mol. The lowest BCUT2D eigenvalue weighted by molar-refractivity contribution is 0.416. The average molecular weight is 320 g/mol. The summed E-state index contributed by atoms with van der Waals surface area (Å²) in [5.41, 5.74) is 1.74. The highest BCUT2D eigenvalue weighted by molar-refractivity contribution is 5.84. The van der Waals surface area contributed by atoms with Crippen molar-refractivity contribution in [3.05, 3.63) is 52.8 Å². The van der Waals surface area contributed by atoms with Gasteiger partial charge in [-0.2, -0.15) is 5.21 Å². The van der Waals surface area contributed by atoms with Crippen molar-refractivity contribution in [1.82, 2.24) is 30.6 Å². The van der Waals surface area contributed by atoms with E-state index in [1.807, 2.05) is 24.3 Å². The number of hydrogen-bond acceptors (Lipinski definition) is 6. The molecule has 8 heteroatoms. The van der Waals surface area contributed by atoms with Crippen LogP contribution in [0.1, 0.15) is 0 Å². The van der Waals surface area contributed by atoms with Crippen molar-refractivity contribution < 1.29 is 4.74 Å². The van der Waals surface area contributed by atoms with Crippen molar-refractivity contribution in [2.24, 2.45) is 0 Å². The lowest BCUT2D eigenvalue weighted by atomic mass is 10.1. The molecular weight excluding hydrogens is 308 g/mol. The molecule has 2 N–H and O–H groups in total. The summed E-state index contributed by atoms with van der Waals surface area (Å²) in [6.07, 6.45) is 0. The maximum Gasteiger partial charge on any atom is 0.259 e. The van der Waals surface area contributed by atoms with Gasteiger partial charge in [-0.25, -0.2) is 4.98 Å². The molecular formula is C16H12N6O2. The second kappa shape index (κ2) is 5.58. The molecule has 2 aromatic carbocycles. The fourth-order valence-corrected chi connectivity index (χ4v) is 2.53. The lowest BCUT2D eigenvalue weighted by Crippen LogP contribution is -2.10. The van der Waals surface area contributed by atoms with Crippen LogP contribution in [0.3, 0.4) is 0 Å². The highest BCUT2D eigenvalue weighted by Crippen LogP contribution is 2.27. The Labute approximate surface area is 135 Å². The molecule has 0 fully saturated rings. The third kappa shape index (κ3) is 2.30. The van der Waals surface area contributed by atoms with Crippen LogP contribution in [0.25, 0.3) is 33.7 Å². The predicted octanol–water partition coefficient (Wildman–Crippen LogP) is 1.78. The van der Waals surface area contributed by atoms with Gasteiger partial charge in [0.05, 0.1) is 23.6 Å². The van der Waals surface area contributed by atoms with Gasteiger partial charge in [-0.05, 0) is 35.5 Å². The molecule has 0 saturated carbocycles. The highest BCUT2D eigenvalue weighted by Gasteiger charge is 2.12. The number of aromatic nitrogens is 6. The number of benzene rings is 2. The molecule has 0 radical (unpaired) electrons. The minimum atomic E-state index is -0.244. The van der Waals surface area contributed by atoms with Gasteiger partial charge in [0.25, 0.3) is 5.56 Å². The second-order valence-electron chi connectivity index (χ2n) is 5.08. The van der Waals surface area contributed by atoms with Gasteiger partial charge in [0, 0.05) is 5.56 Å². The summed E-state index contributed by atoms with van der Waals surface area (Å²) in [6.45, 7) is 0.